The molecule has 19 heavy (non-hydrogen) atoms. The van der Waals surface area contributed by atoms with Gasteiger partial charge in [-0.2, -0.15) is 11.8 Å². The van der Waals surface area contributed by atoms with Gasteiger partial charge in [0.25, 0.3) is 0 Å². The van der Waals surface area contributed by atoms with E-state index >= 15 is 0 Å². The Balaban J connectivity index is 2.15. The smallest absolute Gasteiger partial charge is 0.241 e. The van der Waals surface area contributed by atoms with Crippen LogP contribution in [0.1, 0.15) is 6.42 Å². The molecule has 0 fully saturated rings. The number of nitrogens with two attached hydrogens (primary N) is 1. The van der Waals surface area contributed by atoms with E-state index in [9.17, 15) is 4.79 Å². The molecule has 2 aromatic rings. The van der Waals surface area contributed by atoms with Crippen LogP contribution in [0.3, 0.4) is 0 Å². The van der Waals surface area contributed by atoms with E-state index in [2.05, 4.69) is 10.3 Å². The van der Waals surface area contributed by atoms with E-state index < -0.39 is 6.04 Å². The summed E-state index contributed by atoms with van der Waals surface area (Å²) in [5.74, 6) is 0.743. The average molecular weight is 275 g/mol. The van der Waals surface area contributed by atoms with E-state index in [1.807, 2.05) is 30.5 Å². The molecule has 1 atom stereocenters. The summed E-state index contributed by atoms with van der Waals surface area (Å²) < 4.78 is 0. The van der Waals surface area contributed by atoms with Crippen LogP contribution in [0.25, 0.3) is 10.8 Å². The maximum absolute atomic E-state index is 12.0. The third-order valence-electron chi connectivity index (χ3n) is 2.91. The number of hydrogen-bond donors (Lipinski definition) is 2. The molecule has 1 aromatic carbocycles. The van der Waals surface area contributed by atoms with E-state index in [0.717, 1.165) is 22.2 Å². The SMILES string of the molecule is CSCC[C@H](N)C(=O)Nc1cccc2cnccc12. The Morgan fingerprint density at radius 2 is 2.32 bits per heavy atom. The first-order valence-electron chi connectivity index (χ1n) is 6.10. The van der Waals surface area contributed by atoms with Gasteiger partial charge in [0.2, 0.25) is 5.91 Å². The van der Waals surface area contributed by atoms with E-state index in [0.29, 0.717) is 6.42 Å². The molecule has 5 heteroatoms. The number of amides is 1. The van der Waals surface area contributed by atoms with Crippen molar-refractivity contribution in [1.82, 2.24) is 4.98 Å². The monoisotopic (exact) mass is 275 g/mol. The second-order valence-corrected chi connectivity index (χ2v) is 5.27. The van der Waals surface area contributed by atoms with Gasteiger partial charge in [0.1, 0.15) is 0 Å². The van der Waals surface area contributed by atoms with Crippen molar-refractivity contribution < 1.29 is 4.79 Å². The number of pyridine rings is 1. The van der Waals surface area contributed by atoms with Gasteiger partial charge in [-0.3, -0.25) is 9.78 Å². The Kier molecular flexibility index (Phi) is 4.76. The van der Waals surface area contributed by atoms with Crippen LogP contribution in [0.15, 0.2) is 36.7 Å². The predicted octanol–water partition coefficient (Wildman–Crippen LogP) is 2.25. The number of benzene rings is 1. The third-order valence-corrected chi connectivity index (χ3v) is 3.55. The number of aromatic nitrogens is 1. The fourth-order valence-electron chi connectivity index (χ4n) is 1.83. The lowest BCUT2D eigenvalue weighted by molar-refractivity contribution is -0.117. The molecule has 0 aliphatic rings. The highest BCUT2D eigenvalue weighted by Crippen LogP contribution is 2.22. The van der Waals surface area contributed by atoms with Crippen LogP contribution in [0.4, 0.5) is 5.69 Å². The molecule has 1 amide bonds. The number of nitrogens with zero attached hydrogens (tertiary/aromatic N) is 1. The maximum Gasteiger partial charge on any atom is 0.241 e. The first kappa shape index (κ1) is 13.8. The third kappa shape index (κ3) is 3.45. The molecule has 0 bridgehead atoms. The number of nitrogens with one attached hydrogen (secondary N) is 1. The molecule has 0 spiro atoms. The maximum atomic E-state index is 12.0. The molecule has 0 unspecified atom stereocenters. The Labute approximate surface area is 116 Å². The molecule has 1 heterocycles. The number of hydrogen-bond acceptors (Lipinski definition) is 4. The Morgan fingerprint density at radius 3 is 3.11 bits per heavy atom. The zero-order valence-electron chi connectivity index (χ0n) is 10.8. The van der Waals surface area contributed by atoms with Gasteiger partial charge in [0.15, 0.2) is 0 Å². The number of fused-ring (bicyclic) bond motifs is 1. The van der Waals surface area contributed by atoms with Gasteiger partial charge in [0.05, 0.1) is 6.04 Å². The van der Waals surface area contributed by atoms with Crippen molar-refractivity contribution in [2.75, 3.05) is 17.3 Å². The van der Waals surface area contributed by atoms with Crippen molar-refractivity contribution in [3.05, 3.63) is 36.7 Å². The summed E-state index contributed by atoms with van der Waals surface area (Å²) in [6.07, 6.45) is 6.17. The van der Waals surface area contributed by atoms with Crippen molar-refractivity contribution in [3.63, 3.8) is 0 Å². The van der Waals surface area contributed by atoms with Gasteiger partial charge in [-0.05, 0) is 30.6 Å². The largest absolute Gasteiger partial charge is 0.324 e. The van der Waals surface area contributed by atoms with E-state index in [1.165, 1.54) is 0 Å². The molecule has 0 aliphatic carbocycles. The highest BCUT2D eigenvalue weighted by molar-refractivity contribution is 7.98. The fourth-order valence-corrected chi connectivity index (χ4v) is 2.32. The second-order valence-electron chi connectivity index (χ2n) is 4.28. The minimum atomic E-state index is -0.468. The number of rotatable bonds is 5. The summed E-state index contributed by atoms with van der Waals surface area (Å²) in [6, 6.07) is 7.16. The standard InChI is InChI=1S/C14H17N3OS/c1-19-8-6-12(15)14(18)17-13-4-2-3-10-9-16-7-5-11(10)13/h2-5,7,9,12H,6,8,15H2,1H3,(H,17,18)/t12-/m0/s1. The van der Waals surface area contributed by atoms with Crippen LogP contribution in [0.5, 0.6) is 0 Å². The molecule has 1 aromatic heterocycles. The molecule has 100 valence electrons. The number of carbonyl (C=O) groups is 1. The van der Waals surface area contributed by atoms with Crippen molar-refractivity contribution in [2.45, 2.75) is 12.5 Å². The Hall–Kier alpha value is -1.59. The Morgan fingerprint density at radius 1 is 1.47 bits per heavy atom. The quantitative estimate of drug-likeness (QED) is 0.878. The minimum absolute atomic E-state index is 0.140. The van der Waals surface area contributed by atoms with Crippen molar-refractivity contribution >= 4 is 34.1 Å². The molecular formula is C14H17N3OS. The molecule has 0 radical (unpaired) electrons. The molecular weight excluding hydrogens is 258 g/mol. The minimum Gasteiger partial charge on any atom is -0.324 e. The lowest BCUT2D eigenvalue weighted by Gasteiger charge is -2.13. The first-order valence-corrected chi connectivity index (χ1v) is 7.50. The van der Waals surface area contributed by atoms with Crippen LogP contribution in [0.2, 0.25) is 0 Å². The van der Waals surface area contributed by atoms with Gasteiger partial charge in [-0.1, -0.05) is 12.1 Å². The van der Waals surface area contributed by atoms with Gasteiger partial charge in [-0.25, -0.2) is 0 Å². The summed E-state index contributed by atoms with van der Waals surface area (Å²) >= 11 is 1.69. The van der Waals surface area contributed by atoms with Crippen molar-refractivity contribution in [3.8, 4) is 0 Å². The van der Waals surface area contributed by atoms with Crippen LogP contribution in [0, 0.1) is 0 Å². The summed E-state index contributed by atoms with van der Waals surface area (Å²) in [6.45, 7) is 0. The van der Waals surface area contributed by atoms with E-state index in [4.69, 9.17) is 5.73 Å². The fraction of sp³-hybridized carbons (Fsp3) is 0.286. The van der Waals surface area contributed by atoms with Gasteiger partial charge < -0.3 is 11.1 Å². The number of thioether (sulfide) groups is 1. The zero-order valence-corrected chi connectivity index (χ0v) is 11.6. The first-order chi connectivity index (χ1) is 9.22. The van der Waals surface area contributed by atoms with Crippen molar-refractivity contribution in [1.29, 1.82) is 0 Å². The second kappa shape index (κ2) is 6.54. The summed E-state index contributed by atoms with van der Waals surface area (Å²) in [4.78, 5) is 16.1. The van der Waals surface area contributed by atoms with Crippen molar-refractivity contribution in [2.24, 2.45) is 5.73 Å². The van der Waals surface area contributed by atoms with E-state index in [-0.39, 0.29) is 5.91 Å². The predicted molar refractivity (Wildman–Crippen MR) is 81.3 cm³/mol. The summed E-state index contributed by atoms with van der Waals surface area (Å²) in [5.41, 5.74) is 6.64. The number of carbonyl (C=O) groups excluding carboxylic acids is 1. The average Bonchev–Trinajstić information content (AvgIpc) is 2.45. The number of anilines is 1. The van der Waals surface area contributed by atoms with Gasteiger partial charge in [0, 0.05) is 28.9 Å². The van der Waals surface area contributed by atoms with Gasteiger partial charge in [-0.15, -0.1) is 0 Å². The molecule has 4 nitrogen and oxygen atoms in total. The van der Waals surface area contributed by atoms with E-state index in [1.54, 1.807) is 24.2 Å². The van der Waals surface area contributed by atoms with Crippen LogP contribution in [-0.2, 0) is 4.79 Å². The summed E-state index contributed by atoms with van der Waals surface area (Å²) in [5, 5.41) is 4.87. The highest BCUT2D eigenvalue weighted by atomic mass is 32.2. The lowest BCUT2D eigenvalue weighted by atomic mass is 10.1. The summed E-state index contributed by atoms with van der Waals surface area (Å²) in [7, 11) is 0. The molecule has 0 aliphatic heterocycles. The van der Waals surface area contributed by atoms with Crippen LogP contribution < -0.4 is 11.1 Å². The zero-order chi connectivity index (χ0) is 13.7. The molecule has 0 saturated carbocycles. The van der Waals surface area contributed by atoms with Crippen LogP contribution in [-0.4, -0.2) is 28.9 Å². The lowest BCUT2D eigenvalue weighted by Crippen LogP contribution is -2.36. The van der Waals surface area contributed by atoms with Crippen LogP contribution >= 0.6 is 11.8 Å². The molecule has 3 N–H and O–H groups in total. The molecule has 2 rings (SSSR count). The molecule has 0 saturated heterocycles. The topological polar surface area (TPSA) is 68.0 Å². The normalized spacial score (nSPS) is 12.3. The van der Waals surface area contributed by atoms with Gasteiger partial charge >= 0.3 is 0 Å². The highest BCUT2D eigenvalue weighted by Gasteiger charge is 2.13. The Bertz CT molecular complexity index is 568.